The van der Waals surface area contributed by atoms with Gasteiger partial charge in [-0.05, 0) is 66.3 Å². The van der Waals surface area contributed by atoms with Crippen LogP contribution >= 0.6 is 23.2 Å². The van der Waals surface area contributed by atoms with Crippen LogP contribution in [-0.2, 0) is 30.8 Å². The van der Waals surface area contributed by atoms with Gasteiger partial charge in [-0.2, -0.15) is 18.2 Å². The van der Waals surface area contributed by atoms with Gasteiger partial charge in [0.15, 0.2) is 17.4 Å². The summed E-state index contributed by atoms with van der Waals surface area (Å²) in [5.74, 6) is -10.3. The zero-order valence-corrected chi connectivity index (χ0v) is 29.9. The number of imide groups is 2. The third-order valence-electron chi connectivity index (χ3n) is 11.3. The molecule has 2 aliphatic carbocycles. The van der Waals surface area contributed by atoms with E-state index in [2.05, 4.69) is 17.0 Å². The number of fused-ring (bicyclic) bond motifs is 4. The second-order valence-electron chi connectivity index (χ2n) is 13.9. The van der Waals surface area contributed by atoms with Gasteiger partial charge >= 0.3 is 6.18 Å². The van der Waals surface area contributed by atoms with Crippen molar-refractivity contribution in [1.82, 2.24) is 9.99 Å². The molecule has 4 amide bonds. The summed E-state index contributed by atoms with van der Waals surface area (Å²) in [7, 11) is 0. The van der Waals surface area contributed by atoms with E-state index in [1.165, 1.54) is 36.4 Å². The van der Waals surface area contributed by atoms with E-state index in [0.717, 1.165) is 16.5 Å². The summed E-state index contributed by atoms with van der Waals surface area (Å²) in [5.41, 5.74) is 1.16. The molecule has 2 aliphatic heterocycles. The number of para-hydroxylation sites is 1. The number of nitrogens with zero attached hydrogens (tertiary/aromatic N) is 3. The second-order valence-corrected chi connectivity index (χ2v) is 14.7. The van der Waals surface area contributed by atoms with E-state index in [0.29, 0.717) is 33.6 Å². The Bertz CT molecular complexity index is 2350. The first-order valence-corrected chi connectivity index (χ1v) is 17.9. The first-order chi connectivity index (χ1) is 26.2. The van der Waals surface area contributed by atoms with Crippen molar-refractivity contribution in [1.29, 1.82) is 0 Å². The number of phenols is 1. The SMILES string of the molecule is C=Cc1ccc(N2C(=O)C3CC=C4C(CC5C(=O)N(Nc6ncc(C(F)(F)F)cc6Cl)C(=O)C5(c5ccc(Cl)cc5)C4c4cccc(F)c4O)C3C2=O)cc1. The summed E-state index contributed by atoms with van der Waals surface area (Å²) in [5, 5.41) is 11.7. The Morgan fingerprint density at radius 2 is 1.65 bits per heavy atom. The number of hydrazine groups is 1. The predicted octanol–water partition coefficient (Wildman–Crippen LogP) is 8.08. The first-order valence-electron chi connectivity index (χ1n) is 17.1. The van der Waals surface area contributed by atoms with Crippen LogP contribution in [0.15, 0.2) is 97.2 Å². The van der Waals surface area contributed by atoms with Crippen molar-refractivity contribution in [3.8, 4) is 5.75 Å². The number of rotatable bonds is 6. The van der Waals surface area contributed by atoms with E-state index in [9.17, 15) is 32.7 Å². The van der Waals surface area contributed by atoms with Crippen molar-refractivity contribution in [3.05, 3.63) is 135 Å². The number of nitrogens with one attached hydrogen (secondary N) is 1. The molecule has 1 aromatic heterocycles. The van der Waals surface area contributed by atoms with E-state index in [-0.39, 0.29) is 24.0 Å². The summed E-state index contributed by atoms with van der Waals surface area (Å²) in [4.78, 5) is 63.3. The van der Waals surface area contributed by atoms with Crippen LogP contribution in [-0.4, -0.2) is 38.7 Å². The molecule has 4 aliphatic rings. The van der Waals surface area contributed by atoms with Crippen LogP contribution in [0.4, 0.5) is 29.1 Å². The number of alkyl halides is 3. The molecule has 6 unspecified atom stereocenters. The fraction of sp³-hybridized carbons (Fsp3) is 0.225. The number of aromatic hydroxyl groups is 1. The Morgan fingerprint density at radius 3 is 2.31 bits per heavy atom. The number of amides is 4. The highest BCUT2D eigenvalue weighted by Gasteiger charge is 2.71. The Hall–Kier alpha value is -5.53. The summed E-state index contributed by atoms with van der Waals surface area (Å²) in [6.07, 6.45) is -1.04. The molecule has 0 spiro atoms. The van der Waals surface area contributed by atoms with Crippen LogP contribution in [0.3, 0.4) is 0 Å². The molecule has 2 saturated heterocycles. The molecule has 55 heavy (non-hydrogen) atoms. The van der Waals surface area contributed by atoms with Crippen molar-refractivity contribution in [2.45, 2.75) is 30.4 Å². The highest BCUT2D eigenvalue weighted by Crippen LogP contribution is 2.65. The predicted molar refractivity (Wildman–Crippen MR) is 194 cm³/mol. The average molecular weight is 792 g/mol. The minimum absolute atomic E-state index is 0.0586. The van der Waals surface area contributed by atoms with Gasteiger partial charge in [-0.1, -0.05) is 83.9 Å². The molecule has 3 heterocycles. The maximum Gasteiger partial charge on any atom is 0.417 e. The molecule has 3 aromatic carbocycles. The Labute approximate surface area is 320 Å². The molecule has 6 atom stereocenters. The quantitative estimate of drug-likeness (QED) is 0.115. The second kappa shape index (κ2) is 13.1. The molecule has 15 heteroatoms. The topological polar surface area (TPSA) is 120 Å². The smallest absolute Gasteiger partial charge is 0.417 e. The summed E-state index contributed by atoms with van der Waals surface area (Å²) < 4.78 is 55.7. The zero-order chi connectivity index (χ0) is 39.1. The summed E-state index contributed by atoms with van der Waals surface area (Å²) in [6, 6.07) is 17.1. The van der Waals surface area contributed by atoms with E-state index in [1.54, 1.807) is 36.4 Å². The first kappa shape index (κ1) is 36.4. The maximum absolute atomic E-state index is 15.3. The minimum atomic E-state index is -4.78. The number of hydrogen-bond acceptors (Lipinski definition) is 7. The van der Waals surface area contributed by atoms with Gasteiger partial charge in [-0.3, -0.25) is 29.5 Å². The fourth-order valence-electron chi connectivity index (χ4n) is 8.91. The van der Waals surface area contributed by atoms with Crippen molar-refractivity contribution in [3.63, 3.8) is 0 Å². The largest absolute Gasteiger partial charge is 0.505 e. The lowest BCUT2D eigenvalue weighted by Crippen LogP contribution is -2.53. The van der Waals surface area contributed by atoms with Crippen LogP contribution in [0.1, 0.15) is 41.0 Å². The van der Waals surface area contributed by atoms with Crippen molar-refractivity contribution in [2.75, 3.05) is 10.3 Å². The number of benzene rings is 3. The molecular formula is C40H28Cl2F4N4O5. The summed E-state index contributed by atoms with van der Waals surface area (Å²) >= 11 is 12.5. The third-order valence-corrected chi connectivity index (χ3v) is 11.8. The van der Waals surface area contributed by atoms with Crippen LogP contribution in [0.5, 0.6) is 5.75 Å². The van der Waals surface area contributed by atoms with Crippen molar-refractivity contribution >= 4 is 64.4 Å². The maximum atomic E-state index is 15.3. The van der Waals surface area contributed by atoms with E-state index in [4.69, 9.17) is 23.2 Å². The number of anilines is 2. The Balaban J connectivity index is 1.31. The minimum Gasteiger partial charge on any atom is -0.505 e. The highest BCUT2D eigenvalue weighted by molar-refractivity contribution is 6.33. The molecule has 8 rings (SSSR count). The Kier molecular flexibility index (Phi) is 8.65. The van der Waals surface area contributed by atoms with Crippen LogP contribution in [0.2, 0.25) is 10.0 Å². The number of halogens is 6. The van der Waals surface area contributed by atoms with Gasteiger partial charge in [0.2, 0.25) is 11.8 Å². The van der Waals surface area contributed by atoms with Gasteiger partial charge in [-0.15, -0.1) is 0 Å². The standard InChI is InChI=1S/C40H28Cl2F4N4O5/c1-2-19-6-12-23(13-7-19)49-35(52)25-15-14-24-27(31(25)37(49)54)17-28-36(53)50(48-34-29(42)16-21(18-47-34)40(44,45)46)38(55)39(28,20-8-10-22(41)11-9-20)32(24)26-4-3-5-30(43)33(26)51/h2-14,16,18,25,27-28,31-32,51H,1,15,17H2,(H,47,48). The van der Waals surface area contributed by atoms with Crippen LogP contribution < -0.4 is 10.3 Å². The van der Waals surface area contributed by atoms with Gasteiger partial charge in [0, 0.05) is 22.7 Å². The molecule has 280 valence electrons. The number of phenolic OH excluding ortho intramolecular Hbond substituents is 1. The summed E-state index contributed by atoms with van der Waals surface area (Å²) in [6.45, 7) is 3.74. The number of carbonyl (C=O) groups is 4. The molecule has 1 saturated carbocycles. The van der Waals surface area contributed by atoms with Crippen LogP contribution in [0, 0.1) is 29.5 Å². The van der Waals surface area contributed by atoms with Crippen LogP contribution in [0.25, 0.3) is 6.08 Å². The lowest BCUT2D eigenvalue weighted by Gasteiger charge is -2.50. The van der Waals surface area contributed by atoms with Gasteiger partial charge in [0.05, 0.1) is 39.4 Å². The number of allylic oxidation sites excluding steroid dienone is 2. The number of aromatic nitrogens is 1. The fourth-order valence-corrected chi connectivity index (χ4v) is 9.24. The number of pyridine rings is 1. The molecule has 9 nitrogen and oxygen atoms in total. The van der Waals surface area contributed by atoms with Crippen molar-refractivity contribution < 1.29 is 41.8 Å². The molecule has 3 fully saturated rings. The number of hydrogen-bond donors (Lipinski definition) is 2. The third kappa shape index (κ3) is 5.46. The Morgan fingerprint density at radius 1 is 0.945 bits per heavy atom. The molecule has 0 bridgehead atoms. The monoisotopic (exact) mass is 790 g/mol. The molecule has 2 N–H and O–H groups in total. The van der Waals surface area contributed by atoms with Crippen molar-refractivity contribution in [2.24, 2.45) is 23.7 Å². The van der Waals surface area contributed by atoms with E-state index in [1.807, 2.05) is 0 Å². The lowest BCUT2D eigenvalue weighted by atomic mass is 9.49. The van der Waals surface area contributed by atoms with Gasteiger partial charge in [0.25, 0.3) is 11.8 Å². The number of carbonyl (C=O) groups excluding carboxylic acids is 4. The van der Waals surface area contributed by atoms with Gasteiger partial charge in [-0.25, -0.2) is 9.37 Å². The van der Waals surface area contributed by atoms with E-state index < -0.39 is 92.8 Å². The van der Waals surface area contributed by atoms with Gasteiger partial charge in [0.1, 0.15) is 0 Å². The highest BCUT2D eigenvalue weighted by atomic mass is 35.5. The molecule has 0 radical (unpaired) electrons. The average Bonchev–Trinajstić information content (AvgIpc) is 3.54. The molecule has 4 aromatic rings. The zero-order valence-electron chi connectivity index (χ0n) is 28.4. The molecular weight excluding hydrogens is 763 g/mol. The van der Waals surface area contributed by atoms with E-state index >= 15 is 9.18 Å². The normalized spacial score (nSPS) is 26.1. The van der Waals surface area contributed by atoms with Gasteiger partial charge < -0.3 is 5.11 Å². The lowest BCUT2D eigenvalue weighted by molar-refractivity contribution is -0.139.